The summed E-state index contributed by atoms with van der Waals surface area (Å²) < 4.78 is 14.3. The Hall–Kier alpha value is -2.87. The lowest BCUT2D eigenvalue weighted by Gasteiger charge is -2.31. The van der Waals surface area contributed by atoms with Crippen molar-refractivity contribution in [2.75, 3.05) is 20.6 Å². The third-order valence-corrected chi connectivity index (χ3v) is 5.14. The number of hydrogen-bond acceptors (Lipinski definition) is 4. The topological polar surface area (TPSA) is 82.9 Å². The molecule has 9 heteroatoms. The molecule has 7 nitrogen and oxygen atoms in total. The largest absolute Gasteiger partial charge is 0.502 e. The second-order valence-electron chi connectivity index (χ2n) is 6.83. The first-order chi connectivity index (χ1) is 13.1. The van der Waals surface area contributed by atoms with Gasteiger partial charge in [0.15, 0.2) is 5.75 Å². The van der Waals surface area contributed by atoms with Crippen molar-refractivity contribution in [3.63, 3.8) is 0 Å². The SMILES string of the molecule is CN(C)C(=O)c1c2c(c(O)c(=O)n1C)C(=O)N(Cc1ccc(F)cc1Cl)CC2. The number of halogens is 2. The first-order valence-corrected chi connectivity index (χ1v) is 8.91. The summed E-state index contributed by atoms with van der Waals surface area (Å²) in [6, 6.07) is 3.87. The maximum Gasteiger partial charge on any atom is 0.293 e. The molecule has 0 atom stereocenters. The number of rotatable bonds is 3. The first kappa shape index (κ1) is 19.9. The van der Waals surface area contributed by atoms with Crippen molar-refractivity contribution in [1.82, 2.24) is 14.4 Å². The summed E-state index contributed by atoms with van der Waals surface area (Å²) in [6.07, 6.45) is 0.274. The molecule has 0 spiro atoms. The Morgan fingerprint density at radius 1 is 1.32 bits per heavy atom. The molecule has 0 aliphatic carbocycles. The van der Waals surface area contributed by atoms with E-state index in [1.807, 2.05) is 0 Å². The van der Waals surface area contributed by atoms with Crippen LogP contribution in [-0.4, -0.2) is 51.9 Å². The van der Waals surface area contributed by atoms with E-state index in [2.05, 4.69) is 0 Å². The quantitative estimate of drug-likeness (QED) is 0.840. The maximum atomic E-state index is 13.2. The van der Waals surface area contributed by atoms with E-state index in [1.54, 1.807) is 14.1 Å². The Balaban J connectivity index is 2.07. The van der Waals surface area contributed by atoms with Gasteiger partial charge in [-0.3, -0.25) is 14.4 Å². The van der Waals surface area contributed by atoms with E-state index in [9.17, 15) is 23.9 Å². The van der Waals surface area contributed by atoms with Crippen LogP contribution in [0, 0.1) is 5.82 Å². The minimum Gasteiger partial charge on any atom is -0.502 e. The average molecular weight is 408 g/mol. The fourth-order valence-corrected chi connectivity index (χ4v) is 3.53. The molecule has 2 amide bonds. The summed E-state index contributed by atoms with van der Waals surface area (Å²) in [5.74, 6) is -2.19. The molecule has 2 aromatic rings. The van der Waals surface area contributed by atoms with Gasteiger partial charge in [0.2, 0.25) is 0 Å². The minimum atomic E-state index is -0.820. The molecule has 3 rings (SSSR count). The lowest BCUT2D eigenvalue weighted by atomic mass is 9.95. The monoisotopic (exact) mass is 407 g/mol. The van der Waals surface area contributed by atoms with Crippen LogP contribution in [0.1, 0.15) is 32.0 Å². The Morgan fingerprint density at radius 3 is 2.61 bits per heavy atom. The molecule has 0 radical (unpaired) electrons. The van der Waals surface area contributed by atoms with E-state index < -0.39 is 28.9 Å². The lowest BCUT2D eigenvalue weighted by molar-refractivity contribution is 0.0720. The third-order valence-electron chi connectivity index (χ3n) is 4.78. The molecule has 28 heavy (non-hydrogen) atoms. The van der Waals surface area contributed by atoms with Crippen LogP contribution in [-0.2, 0) is 20.0 Å². The van der Waals surface area contributed by atoms with E-state index in [1.165, 1.54) is 29.0 Å². The molecule has 0 fully saturated rings. The number of hydrogen-bond donors (Lipinski definition) is 1. The van der Waals surface area contributed by atoms with Crippen LogP contribution in [0.15, 0.2) is 23.0 Å². The van der Waals surface area contributed by atoms with E-state index in [0.717, 1.165) is 10.6 Å². The van der Waals surface area contributed by atoms with Crippen LogP contribution in [0.4, 0.5) is 4.39 Å². The number of aromatic nitrogens is 1. The smallest absolute Gasteiger partial charge is 0.293 e. The summed E-state index contributed by atoms with van der Waals surface area (Å²) in [6.45, 7) is 0.341. The van der Waals surface area contributed by atoms with Crippen molar-refractivity contribution in [3.8, 4) is 5.75 Å². The van der Waals surface area contributed by atoms with E-state index in [-0.39, 0.29) is 35.8 Å². The Bertz CT molecular complexity index is 1050. The van der Waals surface area contributed by atoms with Gasteiger partial charge in [0.05, 0.1) is 5.56 Å². The number of pyridine rings is 1. The highest BCUT2D eigenvalue weighted by molar-refractivity contribution is 6.31. The zero-order valence-electron chi connectivity index (χ0n) is 15.6. The van der Waals surface area contributed by atoms with Crippen molar-refractivity contribution in [2.45, 2.75) is 13.0 Å². The van der Waals surface area contributed by atoms with Gasteiger partial charge < -0.3 is 19.5 Å². The molecule has 1 aliphatic heterocycles. The highest BCUT2D eigenvalue weighted by atomic mass is 35.5. The van der Waals surface area contributed by atoms with E-state index in [4.69, 9.17) is 11.6 Å². The van der Waals surface area contributed by atoms with Crippen LogP contribution >= 0.6 is 11.6 Å². The molecule has 148 valence electrons. The minimum absolute atomic E-state index is 0.0793. The van der Waals surface area contributed by atoms with Gasteiger partial charge in [-0.2, -0.15) is 0 Å². The van der Waals surface area contributed by atoms with Gasteiger partial charge in [-0.05, 0) is 24.1 Å². The zero-order chi connectivity index (χ0) is 20.7. The normalized spacial score (nSPS) is 13.5. The molecule has 1 aromatic heterocycles. The summed E-state index contributed by atoms with van der Waals surface area (Å²) in [5.41, 5.74) is -0.0371. The summed E-state index contributed by atoms with van der Waals surface area (Å²) in [5, 5.41) is 10.5. The molecular weight excluding hydrogens is 389 g/mol. The number of aromatic hydroxyl groups is 1. The summed E-state index contributed by atoms with van der Waals surface area (Å²) in [7, 11) is 4.47. The summed E-state index contributed by atoms with van der Waals surface area (Å²) in [4.78, 5) is 40.7. The summed E-state index contributed by atoms with van der Waals surface area (Å²) >= 11 is 6.04. The Labute approximate surface area is 165 Å². The molecule has 0 bridgehead atoms. The number of carbonyl (C=O) groups is 2. The Morgan fingerprint density at radius 2 is 2.00 bits per heavy atom. The zero-order valence-corrected chi connectivity index (χ0v) is 16.4. The Kier molecular flexibility index (Phi) is 5.16. The third kappa shape index (κ3) is 3.24. The van der Waals surface area contributed by atoms with Crippen molar-refractivity contribution in [2.24, 2.45) is 7.05 Å². The molecule has 0 unspecified atom stereocenters. The average Bonchev–Trinajstić information content (AvgIpc) is 2.63. The molecule has 2 heterocycles. The van der Waals surface area contributed by atoms with Gasteiger partial charge in [-0.1, -0.05) is 17.7 Å². The molecule has 1 aromatic carbocycles. The molecule has 0 saturated heterocycles. The van der Waals surface area contributed by atoms with Crippen LogP contribution < -0.4 is 5.56 Å². The van der Waals surface area contributed by atoms with Gasteiger partial charge in [0.1, 0.15) is 11.5 Å². The highest BCUT2D eigenvalue weighted by Gasteiger charge is 2.34. The van der Waals surface area contributed by atoms with Gasteiger partial charge in [-0.15, -0.1) is 0 Å². The standard InChI is InChI=1S/C19H19ClFN3O4/c1-22(2)18(27)15-12-6-7-24(9-10-4-5-11(21)8-13(10)20)17(26)14(12)16(25)19(28)23(15)3/h4-5,8,25H,6-7,9H2,1-3H3. The van der Waals surface area contributed by atoms with Crippen molar-refractivity contribution in [1.29, 1.82) is 0 Å². The fourth-order valence-electron chi connectivity index (χ4n) is 3.30. The van der Waals surface area contributed by atoms with Crippen LogP contribution in [0.25, 0.3) is 0 Å². The molecular formula is C19H19ClFN3O4. The van der Waals surface area contributed by atoms with E-state index >= 15 is 0 Å². The van der Waals surface area contributed by atoms with Crippen molar-refractivity contribution in [3.05, 3.63) is 61.8 Å². The van der Waals surface area contributed by atoms with Gasteiger partial charge in [-0.25, -0.2) is 4.39 Å². The number of amides is 2. The maximum absolute atomic E-state index is 13.2. The molecule has 0 saturated carbocycles. The predicted molar refractivity (Wildman–Crippen MR) is 101 cm³/mol. The van der Waals surface area contributed by atoms with Crippen molar-refractivity contribution < 1.29 is 19.1 Å². The van der Waals surface area contributed by atoms with Gasteiger partial charge >= 0.3 is 0 Å². The van der Waals surface area contributed by atoms with Crippen LogP contribution in [0.3, 0.4) is 0 Å². The lowest BCUT2D eigenvalue weighted by Crippen LogP contribution is -2.42. The number of carbonyl (C=O) groups excluding carboxylic acids is 2. The highest BCUT2D eigenvalue weighted by Crippen LogP contribution is 2.29. The van der Waals surface area contributed by atoms with Gasteiger partial charge in [0.25, 0.3) is 17.4 Å². The molecule has 1 aliphatic rings. The predicted octanol–water partition coefficient (Wildman–Crippen LogP) is 1.78. The van der Waals surface area contributed by atoms with Gasteiger partial charge in [0, 0.05) is 44.8 Å². The second kappa shape index (κ2) is 7.27. The van der Waals surface area contributed by atoms with Crippen molar-refractivity contribution >= 4 is 23.4 Å². The van der Waals surface area contributed by atoms with Crippen LogP contribution in [0.5, 0.6) is 5.75 Å². The second-order valence-corrected chi connectivity index (χ2v) is 7.23. The number of benzene rings is 1. The van der Waals surface area contributed by atoms with E-state index in [0.29, 0.717) is 11.1 Å². The first-order valence-electron chi connectivity index (χ1n) is 8.53. The van der Waals surface area contributed by atoms with Crippen LogP contribution in [0.2, 0.25) is 5.02 Å². The number of fused-ring (bicyclic) bond motifs is 1. The fraction of sp³-hybridized carbons (Fsp3) is 0.316. The number of nitrogens with zero attached hydrogens (tertiary/aromatic N) is 3. The molecule has 1 N–H and O–H groups in total.